The average molecular weight is 261 g/mol. The summed E-state index contributed by atoms with van der Waals surface area (Å²) in [5.41, 5.74) is 2.59. The highest BCUT2D eigenvalue weighted by atomic mass is 16.3. The zero-order chi connectivity index (χ0) is 13.7. The predicted molar refractivity (Wildman–Crippen MR) is 81.6 cm³/mol. The standard InChI is InChI=1S/C17H27NO/c1-3-18(16-10-7-8-14(2)12-16)13-15-9-5-4-6-11-17(15)19/h7-8,10,12,15,17,19H,3-6,9,11,13H2,1-2H3. The molecule has 0 spiro atoms. The van der Waals surface area contributed by atoms with E-state index in [4.69, 9.17) is 0 Å². The topological polar surface area (TPSA) is 23.5 Å². The fourth-order valence-corrected chi connectivity index (χ4v) is 3.10. The van der Waals surface area contributed by atoms with E-state index in [1.54, 1.807) is 0 Å². The summed E-state index contributed by atoms with van der Waals surface area (Å²) in [6.45, 7) is 6.33. The summed E-state index contributed by atoms with van der Waals surface area (Å²) in [4.78, 5) is 2.41. The van der Waals surface area contributed by atoms with Crippen LogP contribution in [0.4, 0.5) is 5.69 Å². The second-order valence-electron chi connectivity index (χ2n) is 5.84. The Morgan fingerprint density at radius 1 is 1.21 bits per heavy atom. The van der Waals surface area contributed by atoms with Crippen molar-refractivity contribution in [2.75, 3.05) is 18.0 Å². The lowest BCUT2D eigenvalue weighted by Gasteiger charge is -2.30. The fraction of sp³-hybridized carbons (Fsp3) is 0.647. The van der Waals surface area contributed by atoms with Gasteiger partial charge in [-0.05, 0) is 44.4 Å². The van der Waals surface area contributed by atoms with Gasteiger partial charge in [0.15, 0.2) is 0 Å². The first-order valence-corrected chi connectivity index (χ1v) is 7.70. The zero-order valence-electron chi connectivity index (χ0n) is 12.3. The van der Waals surface area contributed by atoms with Gasteiger partial charge in [-0.1, -0.05) is 31.4 Å². The van der Waals surface area contributed by atoms with E-state index in [2.05, 4.69) is 43.0 Å². The van der Waals surface area contributed by atoms with Crippen LogP contribution in [0.25, 0.3) is 0 Å². The molecular formula is C17H27NO. The molecule has 106 valence electrons. The van der Waals surface area contributed by atoms with E-state index < -0.39 is 0 Å². The number of nitrogens with zero attached hydrogens (tertiary/aromatic N) is 1. The molecule has 0 bridgehead atoms. The first-order chi connectivity index (χ1) is 9.20. The van der Waals surface area contributed by atoms with E-state index in [1.807, 2.05) is 0 Å². The van der Waals surface area contributed by atoms with Gasteiger partial charge in [-0.15, -0.1) is 0 Å². The first kappa shape index (κ1) is 14.4. The molecule has 2 rings (SSSR count). The van der Waals surface area contributed by atoms with Gasteiger partial charge in [-0.2, -0.15) is 0 Å². The fourth-order valence-electron chi connectivity index (χ4n) is 3.10. The third-order valence-corrected chi connectivity index (χ3v) is 4.32. The molecule has 1 N–H and O–H groups in total. The number of anilines is 1. The number of rotatable bonds is 4. The van der Waals surface area contributed by atoms with Crippen molar-refractivity contribution in [2.24, 2.45) is 5.92 Å². The number of aliphatic hydroxyl groups excluding tert-OH is 1. The molecule has 2 nitrogen and oxygen atoms in total. The Labute approximate surface area is 117 Å². The van der Waals surface area contributed by atoms with Crippen LogP contribution < -0.4 is 4.90 Å². The van der Waals surface area contributed by atoms with Gasteiger partial charge in [0.2, 0.25) is 0 Å². The monoisotopic (exact) mass is 261 g/mol. The van der Waals surface area contributed by atoms with E-state index in [9.17, 15) is 5.11 Å². The Morgan fingerprint density at radius 2 is 2.00 bits per heavy atom. The highest BCUT2D eigenvalue weighted by Gasteiger charge is 2.23. The number of aryl methyl sites for hydroxylation is 1. The van der Waals surface area contributed by atoms with Gasteiger partial charge in [-0.3, -0.25) is 0 Å². The van der Waals surface area contributed by atoms with E-state index >= 15 is 0 Å². The zero-order valence-corrected chi connectivity index (χ0v) is 12.3. The molecule has 0 aliphatic heterocycles. The largest absolute Gasteiger partial charge is 0.393 e. The minimum Gasteiger partial charge on any atom is -0.393 e. The number of hydrogen-bond donors (Lipinski definition) is 1. The first-order valence-electron chi connectivity index (χ1n) is 7.70. The molecule has 19 heavy (non-hydrogen) atoms. The van der Waals surface area contributed by atoms with Crippen LogP contribution in [0.3, 0.4) is 0 Å². The van der Waals surface area contributed by atoms with E-state index in [-0.39, 0.29) is 6.10 Å². The lowest BCUT2D eigenvalue weighted by Crippen LogP contribution is -2.34. The van der Waals surface area contributed by atoms with Gasteiger partial charge >= 0.3 is 0 Å². The normalized spacial score (nSPS) is 23.9. The molecule has 0 radical (unpaired) electrons. The Kier molecular flexibility index (Phi) is 5.26. The Morgan fingerprint density at radius 3 is 2.74 bits per heavy atom. The van der Waals surface area contributed by atoms with Crippen molar-refractivity contribution in [3.8, 4) is 0 Å². The van der Waals surface area contributed by atoms with Crippen molar-refractivity contribution in [1.82, 2.24) is 0 Å². The number of benzene rings is 1. The SMILES string of the molecule is CCN(CC1CCCCCC1O)c1cccc(C)c1. The molecule has 0 heterocycles. The second-order valence-corrected chi connectivity index (χ2v) is 5.84. The van der Waals surface area contributed by atoms with E-state index in [0.717, 1.165) is 19.5 Å². The van der Waals surface area contributed by atoms with Crippen LogP contribution >= 0.6 is 0 Å². The van der Waals surface area contributed by atoms with Crippen LogP contribution in [0, 0.1) is 12.8 Å². The van der Waals surface area contributed by atoms with E-state index in [0.29, 0.717) is 5.92 Å². The lowest BCUT2D eigenvalue weighted by molar-refractivity contribution is 0.104. The van der Waals surface area contributed by atoms with Crippen LogP contribution in [0.5, 0.6) is 0 Å². The maximum atomic E-state index is 10.3. The van der Waals surface area contributed by atoms with Gasteiger partial charge in [0.1, 0.15) is 0 Å². The molecule has 0 aromatic heterocycles. The summed E-state index contributed by atoms with van der Waals surface area (Å²) in [5.74, 6) is 0.433. The Hall–Kier alpha value is -1.02. The minimum atomic E-state index is -0.110. The van der Waals surface area contributed by atoms with Crippen LogP contribution in [0.1, 0.15) is 44.6 Å². The van der Waals surface area contributed by atoms with Crippen molar-refractivity contribution in [1.29, 1.82) is 0 Å². The molecule has 2 atom stereocenters. The van der Waals surface area contributed by atoms with Crippen molar-refractivity contribution in [3.63, 3.8) is 0 Å². The van der Waals surface area contributed by atoms with Crippen LogP contribution in [0.15, 0.2) is 24.3 Å². The summed E-state index contributed by atoms with van der Waals surface area (Å²) < 4.78 is 0. The summed E-state index contributed by atoms with van der Waals surface area (Å²) >= 11 is 0. The molecule has 1 fully saturated rings. The molecular weight excluding hydrogens is 234 g/mol. The smallest absolute Gasteiger partial charge is 0.0585 e. The van der Waals surface area contributed by atoms with Gasteiger partial charge in [-0.25, -0.2) is 0 Å². The summed E-state index contributed by atoms with van der Waals surface area (Å²) in [5, 5.41) is 10.3. The highest BCUT2D eigenvalue weighted by molar-refractivity contribution is 5.48. The van der Waals surface area contributed by atoms with Gasteiger partial charge < -0.3 is 10.0 Å². The van der Waals surface area contributed by atoms with Crippen molar-refractivity contribution >= 4 is 5.69 Å². The Bertz CT molecular complexity index is 391. The molecule has 1 aliphatic carbocycles. The molecule has 2 heteroatoms. The molecule has 1 aromatic rings. The third kappa shape index (κ3) is 3.97. The number of hydrogen-bond acceptors (Lipinski definition) is 2. The van der Waals surface area contributed by atoms with E-state index in [1.165, 1.54) is 36.9 Å². The van der Waals surface area contributed by atoms with Crippen molar-refractivity contribution < 1.29 is 5.11 Å². The highest BCUT2D eigenvalue weighted by Crippen LogP contribution is 2.26. The maximum absolute atomic E-state index is 10.3. The van der Waals surface area contributed by atoms with Gasteiger partial charge in [0.25, 0.3) is 0 Å². The minimum absolute atomic E-state index is 0.110. The Balaban J connectivity index is 2.05. The van der Waals surface area contributed by atoms with Crippen molar-refractivity contribution in [3.05, 3.63) is 29.8 Å². The molecule has 0 amide bonds. The lowest BCUT2D eigenvalue weighted by atomic mass is 9.96. The molecule has 1 saturated carbocycles. The summed E-state index contributed by atoms with van der Waals surface area (Å²) in [6.07, 6.45) is 5.78. The molecule has 2 unspecified atom stereocenters. The average Bonchev–Trinajstić information content (AvgIpc) is 2.61. The molecule has 1 aromatic carbocycles. The van der Waals surface area contributed by atoms with Crippen LogP contribution in [-0.4, -0.2) is 24.3 Å². The van der Waals surface area contributed by atoms with Crippen molar-refractivity contribution in [2.45, 2.75) is 52.1 Å². The number of aliphatic hydroxyl groups is 1. The second kappa shape index (κ2) is 6.95. The quantitative estimate of drug-likeness (QED) is 0.834. The maximum Gasteiger partial charge on any atom is 0.0585 e. The summed E-state index contributed by atoms with van der Waals surface area (Å²) in [6, 6.07) is 8.68. The van der Waals surface area contributed by atoms with Gasteiger partial charge in [0.05, 0.1) is 6.10 Å². The molecule has 0 saturated heterocycles. The predicted octanol–water partition coefficient (Wildman–Crippen LogP) is 3.76. The van der Waals surface area contributed by atoms with Crippen LogP contribution in [-0.2, 0) is 0 Å². The summed E-state index contributed by atoms with van der Waals surface area (Å²) in [7, 11) is 0. The molecule has 1 aliphatic rings. The third-order valence-electron chi connectivity index (χ3n) is 4.32. The van der Waals surface area contributed by atoms with Gasteiger partial charge in [0, 0.05) is 24.7 Å². The van der Waals surface area contributed by atoms with Crippen LogP contribution in [0.2, 0.25) is 0 Å².